The van der Waals surface area contributed by atoms with E-state index in [1.807, 2.05) is 24.3 Å². The first kappa shape index (κ1) is 46.9. The number of rotatable bonds is 21. The zero-order chi connectivity index (χ0) is 42.3. The fraction of sp³-hybridized carbons (Fsp3) is 0.469. The monoisotopic (exact) mass is 842 g/mol. The maximum Gasteiger partial charge on any atom is 0.261 e. The Balaban J connectivity index is 1.21. The van der Waals surface area contributed by atoms with Crippen molar-refractivity contribution in [3.8, 4) is 11.5 Å². The smallest absolute Gasteiger partial charge is 0.261 e. The normalized spacial score (nSPS) is 11.6. The summed E-state index contributed by atoms with van der Waals surface area (Å²) in [5.41, 5.74) is 10.7. The second-order valence-corrected chi connectivity index (χ2v) is 17.5. The summed E-state index contributed by atoms with van der Waals surface area (Å²) in [6.07, 6.45) is 7.09. The van der Waals surface area contributed by atoms with Crippen LogP contribution < -0.4 is 20.1 Å². The molecule has 0 saturated carbocycles. The van der Waals surface area contributed by atoms with E-state index < -0.39 is 0 Å². The number of benzene rings is 4. The van der Waals surface area contributed by atoms with Gasteiger partial charge >= 0.3 is 0 Å². The average Bonchev–Trinajstić information content (AvgIpc) is 3.22. The summed E-state index contributed by atoms with van der Waals surface area (Å²) in [7, 11) is 0. The molecule has 0 aromatic heterocycles. The Kier molecular flexibility index (Phi) is 18.2. The van der Waals surface area contributed by atoms with Gasteiger partial charge in [-0.2, -0.15) is 0 Å². The van der Waals surface area contributed by atoms with Crippen molar-refractivity contribution >= 4 is 52.2 Å². The Morgan fingerprint density at radius 2 is 1.09 bits per heavy atom. The maximum atomic E-state index is 5.97. The van der Waals surface area contributed by atoms with Crippen molar-refractivity contribution in [2.45, 2.75) is 135 Å². The molecule has 0 aliphatic rings. The number of aryl methyl sites for hydroxylation is 4. The molecular weight excluding hydrogens is 777 g/mol. The van der Waals surface area contributed by atoms with Gasteiger partial charge in [-0.3, -0.25) is 0 Å². The molecule has 9 heteroatoms. The highest BCUT2D eigenvalue weighted by molar-refractivity contribution is 7.99. The Morgan fingerprint density at radius 1 is 0.603 bits per heavy atom. The molecule has 0 spiro atoms. The molecule has 0 radical (unpaired) electrons. The standard InChI is InChI=1S/C49H66N2O4S3/c1-11-38-32-36(29-34(7)44(38)48(9,13-3)14-4)31-37-30-35(8)45(39(12-2)33-37)50-46(56)54-27-25-52-40-17-21-42(22-18-40)58-43-23-19-41(20-24-43)53-26-28-55-47(57)51-49(10,15-5)16-6/h17-24,29-30,32-33H,11-16,25-28,31H2,1-10H3,(H,50,56)(H,51,57). The molecule has 0 bridgehead atoms. The van der Waals surface area contributed by atoms with E-state index in [1.165, 1.54) is 27.8 Å². The molecule has 0 aliphatic carbocycles. The van der Waals surface area contributed by atoms with Crippen molar-refractivity contribution in [2.24, 2.45) is 0 Å². The van der Waals surface area contributed by atoms with Crippen LogP contribution in [-0.4, -0.2) is 42.3 Å². The molecule has 0 atom stereocenters. The van der Waals surface area contributed by atoms with E-state index in [0.717, 1.165) is 77.5 Å². The molecule has 0 amide bonds. The Morgan fingerprint density at radius 3 is 1.57 bits per heavy atom. The molecule has 58 heavy (non-hydrogen) atoms. The van der Waals surface area contributed by atoms with E-state index in [0.29, 0.717) is 36.8 Å². The largest absolute Gasteiger partial charge is 0.490 e. The van der Waals surface area contributed by atoms with Gasteiger partial charge in [0.05, 0.1) is 0 Å². The Bertz CT molecular complexity index is 1940. The summed E-state index contributed by atoms with van der Waals surface area (Å²) in [6, 6.07) is 25.5. The van der Waals surface area contributed by atoms with Crippen LogP contribution in [0.2, 0.25) is 0 Å². The lowest BCUT2D eigenvalue weighted by Gasteiger charge is -2.32. The second kappa shape index (κ2) is 22.5. The molecule has 314 valence electrons. The fourth-order valence-electron chi connectivity index (χ4n) is 7.30. The topological polar surface area (TPSA) is 61.0 Å². The van der Waals surface area contributed by atoms with Crippen LogP contribution in [0.25, 0.3) is 0 Å². The summed E-state index contributed by atoms with van der Waals surface area (Å²) in [6.45, 7) is 23.9. The first-order valence-electron chi connectivity index (χ1n) is 21.1. The third kappa shape index (κ3) is 13.4. The minimum Gasteiger partial charge on any atom is -0.490 e. The van der Waals surface area contributed by atoms with Gasteiger partial charge in [0.15, 0.2) is 0 Å². The predicted molar refractivity (Wildman–Crippen MR) is 253 cm³/mol. The van der Waals surface area contributed by atoms with Crippen LogP contribution in [0.3, 0.4) is 0 Å². The van der Waals surface area contributed by atoms with Gasteiger partial charge in [-0.25, -0.2) is 0 Å². The fourth-order valence-corrected chi connectivity index (χ4v) is 8.64. The summed E-state index contributed by atoms with van der Waals surface area (Å²) >= 11 is 12.6. The van der Waals surface area contributed by atoms with Crippen molar-refractivity contribution in [3.63, 3.8) is 0 Å². The minimum absolute atomic E-state index is 0.0480. The van der Waals surface area contributed by atoms with Gasteiger partial charge < -0.3 is 29.6 Å². The summed E-state index contributed by atoms with van der Waals surface area (Å²) in [5, 5.41) is 7.44. The lowest BCUT2D eigenvalue weighted by Crippen LogP contribution is -2.45. The highest BCUT2D eigenvalue weighted by Crippen LogP contribution is 2.37. The second-order valence-electron chi connectivity index (χ2n) is 15.6. The SMILES string of the molecule is CCc1cc(Cc2cc(C)c(C(C)(CC)CC)c(CC)c2)cc(C)c1NC(=S)OCCOc1ccc(Sc2ccc(OCCOC(=S)NC(C)(CC)CC)cc2)cc1. The highest BCUT2D eigenvalue weighted by Gasteiger charge is 2.27. The first-order chi connectivity index (χ1) is 27.8. The lowest BCUT2D eigenvalue weighted by atomic mass is 9.72. The van der Waals surface area contributed by atoms with Gasteiger partial charge in [-0.15, -0.1) is 0 Å². The van der Waals surface area contributed by atoms with Gasteiger partial charge in [-0.05, 0) is 183 Å². The molecule has 0 saturated heterocycles. The third-order valence-corrected chi connectivity index (χ3v) is 13.0. The predicted octanol–water partition coefficient (Wildman–Crippen LogP) is 12.9. The average molecular weight is 843 g/mol. The van der Waals surface area contributed by atoms with Crippen molar-refractivity contribution in [2.75, 3.05) is 31.7 Å². The van der Waals surface area contributed by atoms with Gasteiger partial charge in [-0.1, -0.05) is 84.5 Å². The number of nitrogens with one attached hydrogen (secondary N) is 2. The first-order valence-corrected chi connectivity index (χ1v) is 22.7. The van der Waals surface area contributed by atoms with E-state index in [-0.39, 0.29) is 11.0 Å². The molecule has 4 aromatic carbocycles. The number of ether oxygens (including phenoxy) is 4. The summed E-state index contributed by atoms with van der Waals surface area (Å²) in [5.74, 6) is 1.57. The van der Waals surface area contributed by atoms with Crippen molar-refractivity contribution < 1.29 is 18.9 Å². The Hall–Kier alpha value is -3.79. The Labute approximate surface area is 364 Å². The lowest BCUT2D eigenvalue weighted by molar-refractivity contribution is 0.199. The zero-order valence-corrected chi connectivity index (χ0v) is 39.0. The van der Waals surface area contributed by atoms with Crippen molar-refractivity contribution in [1.29, 1.82) is 0 Å². The molecule has 6 nitrogen and oxygen atoms in total. The van der Waals surface area contributed by atoms with E-state index in [9.17, 15) is 0 Å². The molecule has 0 aliphatic heterocycles. The number of anilines is 1. The van der Waals surface area contributed by atoms with Gasteiger partial charge in [0.2, 0.25) is 0 Å². The van der Waals surface area contributed by atoms with Crippen LogP contribution in [0.1, 0.15) is 120 Å². The molecule has 0 heterocycles. The molecule has 2 N–H and O–H groups in total. The van der Waals surface area contributed by atoms with Crippen LogP contribution in [0.4, 0.5) is 5.69 Å². The van der Waals surface area contributed by atoms with Gasteiger partial charge in [0.25, 0.3) is 10.3 Å². The third-order valence-electron chi connectivity index (χ3n) is 11.5. The highest BCUT2D eigenvalue weighted by atomic mass is 32.2. The van der Waals surface area contributed by atoms with Crippen molar-refractivity contribution in [3.05, 3.63) is 112 Å². The number of hydrogen-bond acceptors (Lipinski definition) is 7. The zero-order valence-electron chi connectivity index (χ0n) is 36.6. The summed E-state index contributed by atoms with van der Waals surface area (Å²) in [4.78, 5) is 2.23. The van der Waals surface area contributed by atoms with E-state index >= 15 is 0 Å². The van der Waals surface area contributed by atoms with Crippen LogP contribution in [0, 0.1) is 13.8 Å². The van der Waals surface area contributed by atoms with Gasteiger partial charge in [0, 0.05) is 21.0 Å². The van der Waals surface area contributed by atoms with Crippen LogP contribution in [-0.2, 0) is 34.2 Å². The summed E-state index contributed by atoms with van der Waals surface area (Å²) < 4.78 is 23.4. The molecule has 4 aromatic rings. The molecular formula is C49H66N2O4S3. The molecule has 0 unspecified atom stereocenters. The van der Waals surface area contributed by atoms with Crippen molar-refractivity contribution in [1.82, 2.24) is 5.32 Å². The van der Waals surface area contributed by atoms with Crippen LogP contribution in [0.15, 0.2) is 82.6 Å². The van der Waals surface area contributed by atoms with E-state index in [2.05, 4.69) is 128 Å². The minimum atomic E-state index is -0.0480. The molecule has 0 fully saturated rings. The number of thiocarbonyl (C=S) groups is 2. The maximum absolute atomic E-state index is 5.97. The van der Waals surface area contributed by atoms with Gasteiger partial charge in [0.1, 0.15) is 37.9 Å². The molecule has 4 rings (SSSR count). The van der Waals surface area contributed by atoms with E-state index in [1.54, 1.807) is 17.3 Å². The number of hydrogen-bond donors (Lipinski definition) is 2. The van der Waals surface area contributed by atoms with Crippen LogP contribution in [0.5, 0.6) is 11.5 Å². The quantitative estimate of drug-likeness (QED) is 0.0631. The van der Waals surface area contributed by atoms with E-state index in [4.69, 9.17) is 43.4 Å². The van der Waals surface area contributed by atoms with Crippen LogP contribution >= 0.6 is 36.2 Å².